The van der Waals surface area contributed by atoms with E-state index in [9.17, 15) is 12.8 Å². The molecule has 2 aromatic carbocycles. The molecular weight excluding hydrogens is 303 g/mol. The molecule has 0 aliphatic heterocycles. The fraction of sp³-hybridized carbons (Fsp3) is 0.125. The van der Waals surface area contributed by atoms with E-state index in [1.54, 1.807) is 6.92 Å². The minimum Gasteiger partial charge on any atom is -0.361 e. The second kappa shape index (κ2) is 5.55. The van der Waals surface area contributed by atoms with E-state index in [2.05, 4.69) is 9.71 Å². The smallest absolute Gasteiger partial charge is 0.241 e. The van der Waals surface area contributed by atoms with Gasteiger partial charge < -0.3 is 4.98 Å². The number of sulfonamides is 1. The summed E-state index contributed by atoms with van der Waals surface area (Å²) in [5, 5.41) is 0.973. The number of fused-ring (bicyclic) bond motifs is 1. The quantitative estimate of drug-likeness (QED) is 0.776. The van der Waals surface area contributed by atoms with E-state index < -0.39 is 15.8 Å². The molecule has 4 nitrogen and oxygen atoms in total. The highest BCUT2D eigenvalue weighted by Gasteiger charge is 2.17. The molecule has 0 unspecified atom stereocenters. The van der Waals surface area contributed by atoms with Crippen LogP contribution in [0.3, 0.4) is 0 Å². The zero-order valence-corrected chi connectivity index (χ0v) is 12.7. The lowest BCUT2D eigenvalue weighted by molar-refractivity contribution is 0.579. The lowest BCUT2D eigenvalue weighted by Gasteiger charge is -2.10. The van der Waals surface area contributed by atoms with Gasteiger partial charge in [0.2, 0.25) is 10.0 Å². The molecule has 0 aliphatic carbocycles. The number of aromatic amines is 1. The molecule has 1 heterocycles. The van der Waals surface area contributed by atoms with Crippen molar-refractivity contribution >= 4 is 20.9 Å². The standard InChI is InChI=1S/C16H15FN2O2S/c1-11-9-13(17)5-6-16(11)22(20,21)19-10-12-3-2-4-15-14(12)7-8-18-15/h2-9,18-19H,10H2,1H3. The average Bonchev–Trinajstić information content (AvgIpc) is 2.93. The Kier molecular flexibility index (Phi) is 3.72. The number of hydrogen-bond donors (Lipinski definition) is 2. The maximum Gasteiger partial charge on any atom is 0.241 e. The van der Waals surface area contributed by atoms with Gasteiger partial charge >= 0.3 is 0 Å². The van der Waals surface area contributed by atoms with Crippen molar-refractivity contribution in [2.75, 3.05) is 0 Å². The highest BCUT2D eigenvalue weighted by Crippen LogP contribution is 2.19. The number of benzene rings is 2. The van der Waals surface area contributed by atoms with Gasteiger partial charge in [0.25, 0.3) is 0 Å². The van der Waals surface area contributed by atoms with Crippen LogP contribution in [0, 0.1) is 12.7 Å². The molecule has 0 radical (unpaired) electrons. The lowest BCUT2D eigenvalue weighted by atomic mass is 10.1. The summed E-state index contributed by atoms with van der Waals surface area (Å²) in [6.45, 7) is 1.75. The Labute approximate surface area is 128 Å². The first kappa shape index (κ1) is 14.7. The molecule has 114 valence electrons. The summed E-state index contributed by atoms with van der Waals surface area (Å²) in [6.07, 6.45) is 1.81. The van der Waals surface area contributed by atoms with Crippen LogP contribution >= 0.6 is 0 Å². The third-order valence-corrected chi connectivity index (χ3v) is 5.13. The number of H-pyrrole nitrogens is 1. The summed E-state index contributed by atoms with van der Waals surface area (Å²) in [6, 6.07) is 11.2. The minimum absolute atomic E-state index is 0.0927. The Morgan fingerprint density at radius 2 is 2.00 bits per heavy atom. The van der Waals surface area contributed by atoms with E-state index >= 15 is 0 Å². The zero-order chi connectivity index (χ0) is 15.7. The van der Waals surface area contributed by atoms with Crippen LogP contribution in [0.5, 0.6) is 0 Å². The normalized spacial score (nSPS) is 11.9. The number of hydrogen-bond acceptors (Lipinski definition) is 2. The van der Waals surface area contributed by atoms with Gasteiger partial charge in [-0.3, -0.25) is 0 Å². The molecule has 0 atom stereocenters. The van der Waals surface area contributed by atoms with Gasteiger partial charge in [-0.1, -0.05) is 12.1 Å². The fourth-order valence-electron chi connectivity index (χ4n) is 2.47. The largest absolute Gasteiger partial charge is 0.361 e. The summed E-state index contributed by atoms with van der Waals surface area (Å²) >= 11 is 0. The molecule has 3 rings (SSSR count). The van der Waals surface area contributed by atoms with Crippen molar-refractivity contribution in [2.24, 2.45) is 0 Å². The minimum atomic E-state index is -3.68. The topological polar surface area (TPSA) is 62.0 Å². The Bertz CT molecular complexity index is 932. The molecule has 0 spiro atoms. The molecule has 6 heteroatoms. The van der Waals surface area contributed by atoms with E-state index in [1.807, 2.05) is 30.5 Å². The van der Waals surface area contributed by atoms with Crippen LogP contribution in [-0.2, 0) is 16.6 Å². The molecule has 22 heavy (non-hydrogen) atoms. The first-order chi connectivity index (χ1) is 10.5. The Balaban J connectivity index is 1.87. The third kappa shape index (κ3) is 2.75. The number of halogens is 1. The van der Waals surface area contributed by atoms with Gasteiger partial charge in [0.1, 0.15) is 5.82 Å². The highest BCUT2D eigenvalue weighted by molar-refractivity contribution is 7.89. The van der Waals surface area contributed by atoms with Crippen LogP contribution < -0.4 is 4.72 Å². The van der Waals surface area contributed by atoms with Crippen molar-refractivity contribution in [2.45, 2.75) is 18.4 Å². The monoisotopic (exact) mass is 318 g/mol. The Hall–Kier alpha value is -2.18. The second-order valence-electron chi connectivity index (χ2n) is 5.09. The van der Waals surface area contributed by atoms with Crippen LogP contribution in [0.4, 0.5) is 4.39 Å². The first-order valence-electron chi connectivity index (χ1n) is 6.78. The van der Waals surface area contributed by atoms with E-state index in [0.29, 0.717) is 5.56 Å². The van der Waals surface area contributed by atoms with E-state index in [-0.39, 0.29) is 11.4 Å². The van der Waals surface area contributed by atoms with E-state index in [1.165, 1.54) is 12.1 Å². The van der Waals surface area contributed by atoms with Crippen LogP contribution in [-0.4, -0.2) is 13.4 Å². The molecule has 3 aromatic rings. The van der Waals surface area contributed by atoms with Gasteiger partial charge in [-0.2, -0.15) is 0 Å². The van der Waals surface area contributed by atoms with Crippen molar-refractivity contribution < 1.29 is 12.8 Å². The maximum absolute atomic E-state index is 13.1. The second-order valence-corrected chi connectivity index (χ2v) is 6.83. The molecule has 0 amide bonds. The molecule has 0 aliphatic rings. The van der Waals surface area contributed by atoms with E-state index in [0.717, 1.165) is 22.5 Å². The number of rotatable bonds is 4. The summed E-state index contributed by atoms with van der Waals surface area (Å²) in [7, 11) is -3.68. The number of aryl methyl sites for hydroxylation is 1. The molecule has 0 bridgehead atoms. The van der Waals surface area contributed by atoms with Crippen LogP contribution in [0.15, 0.2) is 53.6 Å². The van der Waals surface area contributed by atoms with Crippen LogP contribution in [0.1, 0.15) is 11.1 Å². The van der Waals surface area contributed by atoms with Gasteiger partial charge in [0.05, 0.1) is 4.90 Å². The molecule has 2 N–H and O–H groups in total. The fourth-order valence-corrected chi connectivity index (χ4v) is 3.70. The first-order valence-corrected chi connectivity index (χ1v) is 8.26. The molecular formula is C16H15FN2O2S. The van der Waals surface area contributed by atoms with Gasteiger partial charge in [-0.05, 0) is 48.4 Å². The molecule has 0 saturated heterocycles. The van der Waals surface area contributed by atoms with Crippen molar-refractivity contribution in [3.63, 3.8) is 0 Å². The molecule has 0 saturated carbocycles. The number of nitrogens with one attached hydrogen (secondary N) is 2. The van der Waals surface area contributed by atoms with Crippen molar-refractivity contribution in [1.29, 1.82) is 0 Å². The van der Waals surface area contributed by atoms with Crippen LogP contribution in [0.2, 0.25) is 0 Å². The van der Waals surface area contributed by atoms with Crippen LogP contribution in [0.25, 0.3) is 10.9 Å². The van der Waals surface area contributed by atoms with Crippen molar-refractivity contribution in [3.05, 3.63) is 65.6 Å². The van der Waals surface area contributed by atoms with Gasteiger partial charge in [-0.15, -0.1) is 0 Å². The number of aromatic nitrogens is 1. The summed E-state index contributed by atoms with van der Waals surface area (Å²) in [4.78, 5) is 3.18. The Morgan fingerprint density at radius 1 is 1.18 bits per heavy atom. The summed E-state index contributed by atoms with van der Waals surface area (Å²) in [5.41, 5.74) is 2.21. The van der Waals surface area contributed by atoms with E-state index in [4.69, 9.17) is 0 Å². The van der Waals surface area contributed by atoms with Gasteiger partial charge in [0, 0.05) is 23.6 Å². The molecule has 0 fully saturated rings. The summed E-state index contributed by atoms with van der Waals surface area (Å²) < 4.78 is 40.4. The van der Waals surface area contributed by atoms with Crippen molar-refractivity contribution in [1.82, 2.24) is 9.71 Å². The van der Waals surface area contributed by atoms with Crippen molar-refractivity contribution in [3.8, 4) is 0 Å². The predicted molar refractivity (Wildman–Crippen MR) is 83.5 cm³/mol. The maximum atomic E-state index is 13.1. The molecule has 1 aromatic heterocycles. The SMILES string of the molecule is Cc1cc(F)ccc1S(=O)(=O)NCc1cccc2[nH]ccc12. The third-order valence-electron chi connectivity index (χ3n) is 3.56. The zero-order valence-electron chi connectivity index (χ0n) is 11.9. The van der Waals surface area contributed by atoms with Gasteiger partial charge in [0.15, 0.2) is 0 Å². The average molecular weight is 318 g/mol. The predicted octanol–water partition coefficient (Wildman–Crippen LogP) is 3.09. The highest BCUT2D eigenvalue weighted by atomic mass is 32.2. The Morgan fingerprint density at radius 3 is 2.77 bits per heavy atom. The van der Waals surface area contributed by atoms with Gasteiger partial charge in [-0.25, -0.2) is 17.5 Å². The lowest BCUT2D eigenvalue weighted by Crippen LogP contribution is -2.24. The summed E-state index contributed by atoms with van der Waals surface area (Å²) in [5.74, 6) is -0.450.